The molecule has 5 atom stereocenters. The number of aliphatic hydroxyl groups is 1. The minimum Gasteiger partial charge on any atom is -0.481 e. The first-order chi connectivity index (χ1) is 17.7. The molecule has 216 valence electrons. The molecule has 12 N–H and O–H groups in total. The van der Waals surface area contributed by atoms with Gasteiger partial charge in [-0.2, -0.15) is 0 Å². The van der Waals surface area contributed by atoms with Crippen molar-refractivity contribution in [3.8, 4) is 0 Å². The molecule has 0 aliphatic rings. The SMILES string of the molecule is C[C@@H](O)[C@H](NC(=O)[C@H](CCC(=O)O)NC(=O)CN)C(=O)N[C@@H](CC(=O)O)C(=O)N[C@@H](CCCCN)C(=O)O. The van der Waals surface area contributed by atoms with E-state index in [4.69, 9.17) is 21.7 Å². The number of aliphatic hydroxyl groups excluding tert-OH is 1. The molecule has 0 aromatic rings. The summed E-state index contributed by atoms with van der Waals surface area (Å²) in [4.78, 5) is 83.4. The highest BCUT2D eigenvalue weighted by Crippen LogP contribution is 2.05. The lowest BCUT2D eigenvalue weighted by Gasteiger charge is -2.26. The molecule has 0 bridgehead atoms. The molecule has 0 radical (unpaired) electrons. The largest absolute Gasteiger partial charge is 0.481 e. The lowest BCUT2D eigenvalue weighted by Crippen LogP contribution is -2.60. The van der Waals surface area contributed by atoms with Crippen LogP contribution in [0.3, 0.4) is 0 Å². The van der Waals surface area contributed by atoms with Gasteiger partial charge in [0.1, 0.15) is 24.2 Å². The lowest BCUT2D eigenvalue weighted by atomic mass is 10.1. The highest BCUT2D eigenvalue weighted by atomic mass is 16.4. The number of nitrogens with two attached hydrogens (primary N) is 2. The summed E-state index contributed by atoms with van der Waals surface area (Å²) in [6, 6.07) is -6.39. The van der Waals surface area contributed by atoms with Gasteiger partial charge in [-0.3, -0.25) is 28.8 Å². The average Bonchev–Trinajstić information content (AvgIpc) is 2.82. The van der Waals surface area contributed by atoms with Gasteiger partial charge in [0.2, 0.25) is 23.6 Å². The van der Waals surface area contributed by atoms with Crippen molar-refractivity contribution in [2.24, 2.45) is 11.5 Å². The van der Waals surface area contributed by atoms with Crippen LogP contribution in [0.25, 0.3) is 0 Å². The maximum absolute atomic E-state index is 12.8. The van der Waals surface area contributed by atoms with Gasteiger partial charge in [0.15, 0.2) is 0 Å². The fraction of sp³-hybridized carbons (Fsp3) is 0.667. The summed E-state index contributed by atoms with van der Waals surface area (Å²) in [5.41, 5.74) is 10.6. The topological polar surface area (TPSA) is 301 Å². The van der Waals surface area contributed by atoms with Gasteiger partial charge < -0.3 is 53.2 Å². The number of rotatable bonds is 19. The number of carbonyl (C=O) groups excluding carboxylic acids is 4. The number of aliphatic carboxylic acids is 3. The van der Waals surface area contributed by atoms with E-state index >= 15 is 0 Å². The van der Waals surface area contributed by atoms with Crippen LogP contribution in [0.5, 0.6) is 0 Å². The minimum absolute atomic E-state index is 0.00931. The van der Waals surface area contributed by atoms with Crippen LogP contribution in [0, 0.1) is 0 Å². The summed E-state index contributed by atoms with van der Waals surface area (Å²) in [5.74, 6) is -8.38. The zero-order valence-corrected chi connectivity index (χ0v) is 20.8. The molecule has 4 amide bonds. The summed E-state index contributed by atoms with van der Waals surface area (Å²) >= 11 is 0. The van der Waals surface area contributed by atoms with Crippen LogP contribution >= 0.6 is 0 Å². The molecule has 0 heterocycles. The molecule has 0 aliphatic heterocycles. The molecule has 0 aliphatic carbocycles. The second-order valence-corrected chi connectivity index (χ2v) is 8.33. The van der Waals surface area contributed by atoms with E-state index in [1.54, 1.807) is 0 Å². The van der Waals surface area contributed by atoms with Gasteiger partial charge in [-0.1, -0.05) is 0 Å². The fourth-order valence-electron chi connectivity index (χ4n) is 3.12. The Labute approximate surface area is 217 Å². The van der Waals surface area contributed by atoms with E-state index in [-0.39, 0.29) is 19.4 Å². The molecule has 0 aromatic heterocycles. The third-order valence-corrected chi connectivity index (χ3v) is 5.12. The van der Waals surface area contributed by atoms with Gasteiger partial charge in [0.05, 0.1) is 19.1 Å². The fourth-order valence-corrected chi connectivity index (χ4v) is 3.12. The third-order valence-electron chi connectivity index (χ3n) is 5.12. The number of nitrogens with one attached hydrogen (secondary N) is 4. The van der Waals surface area contributed by atoms with Crippen LogP contribution in [-0.4, -0.2) is 105 Å². The van der Waals surface area contributed by atoms with Gasteiger partial charge in [-0.25, -0.2) is 4.79 Å². The predicted octanol–water partition coefficient (Wildman–Crippen LogP) is -4.18. The molecule has 0 rings (SSSR count). The van der Waals surface area contributed by atoms with Crippen LogP contribution < -0.4 is 32.7 Å². The van der Waals surface area contributed by atoms with Gasteiger partial charge in [-0.15, -0.1) is 0 Å². The Morgan fingerprint density at radius 2 is 1.29 bits per heavy atom. The zero-order chi connectivity index (χ0) is 29.4. The van der Waals surface area contributed by atoms with Crippen molar-refractivity contribution >= 4 is 41.5 Å². The van der Waals surface area contributed by atoms with E-state index in [1.165, 1.54) is 0 Å². The average molecular weight is 549 g/mol. The molecule has 0 spiro atoms. The number of unbranched alkanes of at least 4 members (excludes halogenated alkanes) is 1. The van der Waals surface area contributed by atoms with Crippen LogP contribution in [0.4, 0.5) is 0 Å². The summed E-state index contributed by atoms with van der Waals surface area (Å²) in [6.07, 6.45) is -2.66. The van der Waals surface area contributed by atoms with Crippen molar-refractivity contribution in [3.05, 3.63) is 0 Å². The molecule has 0 aromatic carbocycles. The normalized spacial score (nSPS) is 14.6. The Kier molecular flexibility index (Phi) is 15.8. The lowest BCUT2D eigenvalue weighted by molar-refractivity contribution is -0.144. The van der Waals surface area contributed by atoms with Gasteiger partial charge in [-0.05, 0) is 39.2 Å². The zero-order valence-electron chi connectivity index (χ0n) is 20.8. The Morgan fingerprint density at radius 1 is 0.711 bits per heavy atom. The number of amides is 4. The molecule has 0 saturated carbocycles. The van der Waals surface area contributed by atoms with Gasteiger partial charge in [0.25, 0.3) is 0 Å². The van der Waals surface area contributed by atoms with E-state index < -0.39 is 91.2 Å². The molecule has 0 saturated heterocycles. The van der Waals surface area contributed by atoms with Crippen molar-refractivity contribution in [2.75, 3.05) is 13.1 Å². The van der Waals surface area contributed by atoms with Crippen LogP contribution in [0.2, 0.25) is 0 Å². The van der Waals surface area contributed by atoms with Gasteiger partial charge in [0, 0.05) is 6.42 Å². The maximum Gasteiger partial charge on any atom is 0.326 e. The third kappa shape index (κ3) is 13.5. The summed E-state index contributed by atoms with van der Waals surface area (Å²) in [7, 11) is 0. The van der Waals surface area contributed by atoms with Crippen molar-refractivity contribution in [3.63, 3.8) is 0 Å². The standard InChI is InChI=1S/C21H36N6O11/c1-10(28)17(27-18(34)11(5-6-15(30)31)24-14(29)9-23)20(36)26-13(8-16(32)33)19(35)25-12(21(37)38)4-2-3-7-22/h10-13,17,28H,2-9,22-23H2,1H3,(H,24,29)(H,25,35)(H,26,36)(H,27,34)(H,30,31)(H,32,33)(H,37,38)/t10-,11+,12+,13+,17+/m1/s1. The number of hydrogen-bond donors (Lipinski definition) is 10. The van der Waals surface area contributed by atoms with Crippen LogP contribution in [-0.2, 0) is 33.6 Å². The number of carboxylic acids is 3. The quantitative estimate of drug-likeness (QED) is 0.0686. The van der Waals surface area contributed by atoms with E-state index in [2.05, 4.69) is 21.3 Å². The Morgan fingerprint density at radius 3 is 1.76 bits per heavy atom. The van der Waals surface area contributed by atoms with Crippen LogP contribution in [0.1, 0.15) is 45.4 Å². The van der Waals surface area contributed by atoms with Crippen molar-refractivity contribution < 1.29 is 54.0 Å². The first-order valence-electron chi connectivity index (χ1n) is 11.7. The number of carboxylic acid groups (broad SMARTS) is 3. The van der Waals surface area contributed by atoms with E-state index in [1.807, 2.05) is 0 Å². The van der Waals surface area contributed by atoms with E-state index in [9.17, 15) is 43.8 Å². The summed E-state index contributed by atoms with van der Waals surface area (Å²) < 4.78 is 0. The molecule has 17 nitrogen and oxygen atoms in total. The summed E-state index contributed by atoms with van der Waals surface area (Å²) in [5, 5.41) is 45.9. The van der Waals surface area contributed by atoms with E-state index in [0.29, 0.717) is 12.8 Å². The number of hydrogen-bond acceptors (Lipinski definition) is 10. The van der Waals surface area contributed by atoms with Crippen molar-refractivity contribution in [1.29, 1.82) is 0 Å². The van der Waals surface area contributed by atoms with Crippen molar-refractivity contribution in [2.45, 2.75) is 75.7 Å². The Balaban J connectivity index is 5.65. The Hall–Kier alpha value is -3.83. The first kappa shape index (κ1) is 34.2. The number of carbonyl (C=O) groups is 7. The van der Waals surface area contributed by atoms with E-state index in [0.717, 1.165) is 6.92 Å². The monoisotopic (exact) mass is 548 g/mol. The molecule has 0 unspecified atom stereocenters. The molecule has 17 heteroatoms. The molecular weight excluding hydrogens is 512 g/mol. The second-order valence-electron chi connectivity index (χ2n) is 8.33. The highest BCUT2D eigenvalue weighted by Gasteiger charge is 2.34. The Bertz CT molecular complexity index is 867. The minimum atomic E-state index is -1.78. The maximum atomic E-state index is 12.8. The first-order valence-corrected chi connectivity index (χ1v) is 11.7. The smallest absolute Gasteiger partial charge is 0.326 e. The van der Waals surface area contributed by atoms with Crippen LogP contribution in [0.15, 0.2) is 0 Å². The second kappa shape index (κ2) is 17.6. The molecule has 38 heavy (non-hydrogen) atoms. The van der Waals surface area contributed by atoms with Crippen molar-refractivity contribution in [1.82, 2.24) is 21.3 Å². The van der Waals surface area contributed by atoms with Gasteiger partial charge >= 0.3 is 17.9 Å². The molecular formula is C21H36N6O11. The molecule has 0 fully saturated rings. The highest BCUT2D eigenvalue weighted by molar-refractivity contribution is 5.96. The summed E-state index contributed by atoms with van der Waals surface area (Å²) in [6.45, 7) is 0.865. The predicted molar refractivity (Wildman–Crippen MR) is 128 cm³/mol.